The number of nitrogens with zero attached hydrogens (tertiary/aromatic N) is 2. The average molecular weight is 523 g/mol. The van der Waals surface area contributed by atoms with Gasteiger partial charge in [-0.25, -0.2) is 0 Å². The maximum atomic E-state index is 14.0. The van der Waals surface area contributed by atoms with E-state index in [-0.39, 0.29) is 17.9 Å². The minimum absolute atomic E-state index is 0.297. The predicted octanol–water partition coefficient (Wildman–Crippen LogP) is 6.61. The summed E-state index contributed by atoms with van der Waals surface area (Å²) in [7, 11) is 0. The normalized spacial score (nSPS) is 20.0. The lowest BCUT2D eigenvalue weighted by Crippen LogP contribution is -2.58. The third-order valence-electron chi connectivity index (χ3n) is 8.01. The van der Waals surface area contributed by atoms with Gasteiger partial charge in [0.25, 0.3) is 11.8 Å². The number of carbonyl (C=O) groups excluding carboxylic acids is 3. The van der Waals surface area contributed by atoms with Gasteiger partial charge in [0.15, 0.2) is 0 Å². The molecule has 0 radical (unpaired) electrons. The van der Waals surface area contributed by atoms with Crippen molar-refractivity contribution in [3.63, 3.8) is 0 Å². The molecule has 5 nitrogen and oxygen atoms in total. The molecule has 0 spiro atoms. The zero-order valence-corrected chi connectivity index (χ0v) is 22.3. The van der Waals surface area contributed by atoms with Crippen LogP contribution in [-0.4, -0.2) is 34.7 Å². The SMILES string of the molecule is CC1(C)C[C@@](C)(c2ccc(Cl)cc2)c2ccccc2N1C(=O)CN1C(=O)c2cccc3cccc(c23)C1=O. The van der Waals surface area contributed by atoms with Crippen molar-refractivity contribution in [1.29, 1.82) is 0 Å². The second-order valence-corrected chi connectivity index (χ2v) is 11.4. The van der Waals surface area contributed by atoms with Gasteiger partial charge < -0.3 is 4.90 Å². The van der Waals surface area contributed by atoms with E-state index in [1.807, 2.05) is 74.5 Å². The lowest BCUT2D eigenvalue weighted by molar-refractivity contribution is -0.120. The van der Waals surface area contributed by atoms with Gasteiger partial charge in [-0.15, -0.1) is 0 Å². The third kappa shape index (κ3) is 3.57. The second-order valence-electron chi connectivity index (χ2n) is 11.0. The summed E-state index contributed by atoms with van der Waals surface area (Å²) in [6.07, 6.45) is 0.647. The van der Waals surface area contributed by atoms with Crippen LogP contribution in [0.5, 0.6) is 0 Å². The number of benzene rings is 4. The van der Waals surface area contributed by atoms with E-state index in [0.717, 1.165) is 27.1 Å². The van der Waals surface area contributed by atoms with Crippen molar-refractivity contribution in [3.8, 4) is 0 Å². The molecule has 1 atom stereocenters. The number of hydrogen-bond donors (Lipinski definition) is 0. The van der Waals surface area contributed by atoms with Gasteiger partial charge in [-0.2, -0.15) is 0 Å². The molecule has 0 unspecified atom stereocenters. The van der Waals surface area contributed by atoms with Crippen LogP contribution in [-0.2, 0) is 10.2 Å². The van der Waals surface area contributed by atoms with Gasteiger partial charge in [-0.05, 0) is 67.1 Å². The molecule has 0 aliphatic carbocycles. The van der Waals surface area contributed by atoms with Gasteiger partial charge in [0.2, 0.25) is 5.91 Å². The van der Waals surface area contributed by atoms with Gasteiger partial charge in [0.05, 0.1) is 0 Å². The first-order chi connectivity index (χ1) is 18.1. The van der Waals surface area contributed by atoms with Crippen LogP contribution in [0.1, 0.15) is 59.0 Å². The number of anilines is 1. The van der Waals surface area contributed by atoms with E-state index in [9.17, 15) is 14.4 Å². The Kier molecular flexibility index (Phi) is 5.48. The van der Waals surface area contributed by atoms with Crippen LogP contribution in [0.25, 0.3) is 10.8 Å². The van der Waals surface area contributed by atoms with Crippen molar-refractivity contribution < 1.29 is 14.4 Å². The highest BCUT2D eigenvalue weighted by molar-refractivity contribution is 6.30. The molecule has 6 heteroatoms. The molecule has 38 heavy (non-hydrogen) atoms. The molecule has 0 N–H and O–H groups in total. The van der Waals surface area contributed by atoms with E-state index in [0.29, 0.717) is 28.0 Å². The number of hydrogen-bond acceptors (Lipinski definition) is 3. The van der Waals surface area contributed by atoms with Gasteiger partial charge in [-0.3, -0.25) is 19.3 Å². The number of fused-ring (bicyclic) bond motifs is 1. The number of imide groups is 1. The van der Waals surface area contributed by atoms with Crippen molar-refractivity contribution in [3.05, 3.63) is 112 Å². The Morgan fingerprint density at radius 1 is 0.816 bits per heavy atom. The van der Waals surface area contributed by atoms with Crippen molar-refractivity contribution in [1.82, 2.24) is 4.90 Å². The van der Waals surface area contributed by atoms with Crippen molar-refractivity contribution in [2.24, 2.45) is 0 Å². The Labute approximate surface area is 226 Å². The molecule has 2 heterocycles. The van der Waals surface area contributed by atoms with Crippen LogP contribution in [0.2, 0.25) is 5.02 Å². The number of rotatable bonds is 3. The standard InChI is InChI=1S/C32H27ClN2O3/c1-31(2)19-32(3,21-14-16-22(33)17-15-21)25-12-4-5-13-26(25)35(31)27(36)18-34-29(37)23-10-6-8-20-9-7-11-24(28(20)23)30(34)38/h4-17H,18-19H2,1-3H3/t32-/m0/s1. The van der Waals surface area contributed by atoms with Crippen LogP contribution in [0.4, 0.5) is 5.69 Å². The number of halogens is 1. The number of carbonyl (C=O) groups is 3. The highest BCUT2D eigenvalue weighted by Crippen LogP contribution is 2.50. The van der Waals surface area contributed by atoms with Gasteiger partial charge in [-0.1, -0.05) is 73.1 Å². The fourth-order valence-electron chi connectivity index (χ4n) is 6.48. The maximum Gasteiger partial charge on any atom is 0.261 e. The monoisotopic (exact) mass is 522 g/mol. The molecule has 3 amide bonds. The van der Waals surface area contributed by atoms with Crippen LogP contribution in [0.3, 0.4) is 0 Å². The molecule has 0 saturated carbocycles. The lowest BCUT2D eigenvalue weighted by atomic mass is 9.65. The number of amides is 3. The molecule has 190 valence electrons. The first kappa shape index (κ1) is 24.4. The Morgan fingerprint density at radius 2 is 1.42 bits per heavy atom. The van der Waals surface area contributed by atoms with Crippen LogP contribution >= 0.6 is 11.6 Å². The molecule has 0 saturated heterocycles. The summed E-state index contributed by atoms with van der Waals surface area (Å²) in [5.41, 5.74) is 2.83. The first-order valence-corrected chi connectivity index (χ1v) is 13.1. The molecule has 2 aliphatic rings. The van der Waals surface area contributed by atoms with Crippen molar-refractivity contribution in [2.45, 2.75) is 38.1 Å². The van der Waals surface area contributed by atoms with E-state index in [2.05, 4.69) is 6.92 Å². The van der Waals surface area contributed by atoms with Gasteiger partial charge >= 0.3 is 0 Å². The summed E-state index contributed by atoms with van der Waals surface area (Å²) in [5, 5.41) is 2.15. The summed E-state index contributed by atoms with van der Waals surface area (Å²) >= 11 is 6.18. The summed E-state index contributed by atoms with van der Waals surface area (Å²) in [4.78, 5) is 43.9. The predicted molar refractivity (Wildman–Crippen MR) is 150 cm³/mol. The quantitative estimate of drug-likeness (QED) is 0.284. The van der Waals surface area contributed by atoms with E-state index in [1.165, 1.54) is 0 Å². The molecule has 4 aromatic carbocycles. The molecule has 6 rings (SSSR count). The minimum atomic E-state index is -0.598. The van der Waals surface area contributed by atoms with Crippen LogP contribution in [0, 0.1) is 0 Å². The molecule has 2 aliphatic heterocycles. The molecule has 0 fully saturated rings. The minimum Gasteiger partial charge on any atom is -0.305 e. The van der Waals surface area contributed by atoms with Crippen LogP contribution in [0.15, 0.2) is 84.9 Å². The van der Waals surface area contributed by atoms with Crippen LogP contribution < -0.4 is 4.90 Å². The molecular formula is C32H27ClN2O3. The summed E-state index contributed by atoms with van der Waals surface area (Å²) in [5.74, 6) is -1.18. The third-order valence-corrected chi connectivity index (χ3v) is 8.26. The second kappa shape index (κ2) is 8.53. The van der Waals surface area contributed by atoms with Crippen molar-refractivity contribution in [2.75, 3.05) is 11.4 Å². The van der Waals surface area contributed by atoms with E-state index in [4.69, 9.17) is 11.6 Å². The lowest BCUT2D eigenvalue weighted by Gasteiger charge is -2.51. The summed E-state index contributed by atoms with van der Waals surface area (Å²) in [6, 6.07) is 26.5. The van der Waals surface area contributed by atoms with Gasteiger partial charge in [0.1, 0.15) is 6.54 Å². The smallest absolute Gasteiger partial charge is 0.261 e. The molecule has 4 aromatic rings. The first-order valence-electron chi connectivity index (χ1n) is 12.7. The summed E-state index contributed by atoms with van der Waals surface area (Å²) in [6.45, 7) is 5.92. The topological polar surface area (TPSA) is 57.7 Å². The average Bonchev–Trinajstić information content (AvgIpc) is 2.89. The number of para-hydroxylation sites is 1. The highest BCUT2D eigenvalue weighted by Gasteiger charge is 2.48. The van der Waals surface area contributed by atoms with E-state index >= 15 is 0 Å². The largest absolute Gasteiger partial charge is 0.305 e. The Bertz CT molecular complexity index is 1590. The zero-order valence-electron chi connectivity index (χ0n) is 21.5. The Hall–Kier alpha value is -3.96. The van der Waals surface area contributed by atoms with E-state index in [1.54, 1.807) is 29.2 Å². The van der Waals surface area contributed by atoms with Gasteiger partial charge in [0, 0.05) is 38.2 Å². The fourth-order valence-corrected chi connectivity index (χ4v) is 6.60. The van der Waals surface area contributed by atoms with E-state index < -0.39 is 17.4 Å². The molecule has 0 aromatic heterocycles. The fraction of sp³-hybridized carbons (Fsp3) is 0.219. The summed E-state index contributed by atoms with van der Waals surface area (Å²) < 4.78 is 0. The molecule has 0 bridgehead atoms. The van der Waals surface area contributed by atoms with Crippen molar-refractivity contribution >= 4 is 45.8 Å². The molecular weight excluding hydrogens is 496 g/mol. The maximum absolute atomic E-state index is 14.0. The highest BCUT2D eigenvalue weighted by atomic mass is 35.5. The Morgan fingerprint density at radius 3 is 2.05 bits per heavy atom. The zero-order chi connectivity index (χ0) is 26.8. The Balaban J connectivity index is 1.39.